The summed E-state index contributed by atoms with van der Waals surface area (Å²) in [5.41, 5.74) is 2.82. The number of ether oxygens (including phenoxy) is 1. The summed E-state index contributed by atoms with van der Waals surface area (Å²) in [6, 6.07) is 14.1. The summed E-state index contributed by atoms with van der Waals surface area (Å²) in [5, 5.41) is 9.38. The predicted molar refractivity (Wildman–Crippen MR) is 83.5 cm³/mol. The molecule has 0 aromatic heterocycles. The molecule has 0 spiro atoms. The Morgan fingerprint density at radius 2 is 1.95 bits per heavy atom. The van der Waals surface area contributed by atoms with Crippen molar-refractivity contribution in [3.63, 3.8) is 0 Å². The van der Waals surface area contributed by atoms with Gasteiger partial charge in [-0.25, -0.2) is 0 Å². The summed E-state index contributed by atoms with van der Waals surface area (Å²) in [5.74, 6) is 2.36. The van der Waals surface area contributed by atoms with Gasteiger partial charge >= 0.3 is 0 Å². The molecule has 0 unspecified atom stereocenters. The van der Waals surface area contributed by atoms with Crippen LogP contribution in [0.5, 0.6) is 11.5 Å². The highest BCUT2D eigenvalue weighted by atomic mass is 32.2. The van der Waals surface area contributed by atoms with Gasteiger partial charge in [-0.3, -0.25) is 0 Å². The average Bonchev–Trinajstić information content (AvgIpc) is 2.43. The van der Waals surface area contributed by atoms with Crippen molar-refractivity contribution in [2.24, 2.45) is 0 Å². The van der Waals surface area contributed by atoms with Crippen molar-refractivity contribution in [1.29, 1.82) is 5.26 Å². The third-order valence-electron chi connectivity index (χ3n) is 2.96. The number of hydrogen-bond donors (Lipinski definition) is 0. The van der Waals surface area contributed by atoms with Crippen LogP contribution in [0.25, 0.3) is 0 Å². The van der Waals surface area contributed by atoms with Crippen LogP contribution in [-0.4, -0.2) is 5.75 Å². The number of hydrogen-bond acceptors (Lipinski definition) is 3. The Labute approximate surface area is 124 Å². The van der Waals surface area contributed by atoms with Gasteiger partial charge in [0.25, 0.3) is 0 Å². The number of benzene rings is 2. The van der Waals surface area contributed by atoms with Crippen LogP contribution >= 0.6 is 11.8 Å². The zero-order valence-corrected chi connectivity index (χ0v) is 12.8. The van der Waals surface area contributed by atoms with Crippen LogP contribution in [0.4, 0.5) is 0 Å². The van der Waals surface area contributed by atoms with Gasteiger partial charge in [0.15, 0.2) is 0 Å². The zero-order chi connectivity index (χ0) is 14.5. The molecule has 2 aromatic carbocycles. The number of thioether (sulfide) groups is 1. The van der Waals surface area contributed by atoms with E-state index in [2.05, 4.69) is 19.1 Å². The normalized spacial score (nSPS) is 10.1. The van der Waals surface area contributed by atoms with E-state index in [4.69, 9.17) is 4.74 Å². The molecule has 0 aliphatic carbocycles. The second-order valence-corrected chi connectivity index (χ2v) is 5.85. The highest BCUT2D eigenvalue weighted by Crippen LogP contribution is 2.33. The van der Waals surface area contributed by atoms with Crippen molar-refractivity contribution in [1.82, 2.24) is 0 Å². The van der Waals surface area contributed by atoms with Crippen molar-refractivity contribution in [2.45, 2.75) is 25.7 Å². The van der Waals surface area contributed by atoms with Crippen LogP contribution in [0, 0.1) is 25.2 Å². The van der Waals surface area contributed by atoms with Gasteiger partial charge in [0.05, 0.1) is 0 Å². The molecule has 0 N–H and O–H groups in total. The van der Waals surface area contributed by atoms with E-state index < -0.39 is 0 Å². The molecular weight excluding hydrogens is 266 g/mol. The Morgan fingerprint density at radius 3 is 2.65 bits per heavy atom. The Bertz CT molecular complexity index is 659. The van der Waals surface area contributed by atoms with E-state index in [9.17, 15) is 5.26 Å². The first-order chi connectivity index (χ1) is 9.65. The van der Waals surface area contributed by atoms with E-state index >= 15 is 0 Å². The fourth-order valence-corrected chi connectivity index (χ4v) is 2.69. The molecule has 0 fully saturated rings. The molecule has 20 heavy (non-hydrogen) atoms. The van der Waals surface area contributed by atoms with Gasteiger partial charge in [-0.05, 0) is 48.9 Å². The first kappa shape index (κ1) is 14.5. The highest BCUT2D eigenvalue weighted by Gasteiger charge is 2.11. The lowest BCUT2D eigenvalue weighted by molar-refractivity contribution is 0.475. The zero-order valence-electron chi connectivity index (χ0n) is 11.9. The SMILES string of the molecule is CCSc1cccc(Oc2cc(C)ccc2C)c1C#N. The number of nitriles is 1. The minimum Gasteiger partial charge on any atom is -0.456 e. The molecule has 0 heterocycles. The van der Waals surface area contributed by atoms with Crippen molar-refractivity contribution in [3.8, 4) is 17.6 Å². The fourth-order valence-electron chi connectivity index (χ4n) is 1.92. The van der Waals surface area contributed by atoms with E-state index in [1.807, 2.05) is 44.2 Å². The third-order valence-corrected chi connectivity index (χ3v) is 3.90. The van der Waals surface area contributed by atoms with E-state index in [0.29, 0.717) is 11.3 Å². The summed E-state index contributed by atoms with van der Waals surface area (Å²) < 4.78 is 5.96. The minimum absolute atomic E-state index is 0.611. The Morgan fingerprint density at radius 1 is 1.15 bits per heavy atom. The maximum Gasteiger partial charge on any atom is 0.146 e. The molecule has 2 aromatic rings. The lowest BCUT2D eigenvalue weighted by atomic mass is 10.1. The first-order valence-electron chi connectivity index (χ1n) is 6.56. The maximum atomic E-state index is 9.38. The second kappa shape index (κ2) is 6.49. The lowest BCUT2D eigenvalue weighted by Gasteiger charge is -2.12. The Kier molecular flexibility index (Phi) is 4.70. The third kappa shape index (κ3) is 3.15. The van der Waals surface area contributed by atoms with E-state index in [0.717, 1.165) is 27.5 Å². The topological polar surface area (TPSA) is 33.0 Å². The fraction of sp³-hybridized carbons (Fsp3) is 0.235. The standard InChI is InChI=1S/C17H17NOS/c1-4-20-17-7-5-6-15(14(17)11-18)19-16-10-12(2)8-9-13(16)3/h5-10H,4H2,1-3H3. The van der Waals surface area contributed by atoms with Crippen LogP contribution in [0.3, 0.4) is 0 Å². The highest BCUT2D eigenvalue weighted by molar-refractivity contribution is 7.99. The number of rotatable bonds is 4. The Hall–Kier alpha value is -1.92. The molecule has 0 aliphatic rings. The lowest BCUT2D eigenvalue weighted by Crippen LogP contribution is -1.93. The van der Waals surface area contributed by atoms with Crippen LogP contribution in [0.15, 0.2) is 41.3 Å². The Balaban J connectivity index is 2.41. The van der Waals surface area contributed by atoms with Gasteiger partial charge in [0, 0.05) is 4.90 Å². The molecular formula is C17H17NOS. The van der Waals surface area contributed by atoms with Crippen molar-refractivity contribution in [3.05, 3.63) is 53.1 Å². The molecule has 2 rings (SSSR count). The molecule has 3 heteroatoms. The molecule has 0 bridgehead atoms. The summed E-state index contributed by atoms with van der Waals surface area (Å²) in [6.07, 6.45) is 0. The van der Waals surface area contributed by atoms with Crippen LogP contribution < -0.4 is 4.74 Å². The first-order valence-corrected chi connectivity index (χ1v) is 7.55. The van der Waals surface area contributed by atoms with Crippen LogP contribution in [0.1, 0.15) is 23.6 Å². The second-order valence-electron chi connectivity index (χ2n) is 4.55. The van der Waals surface area contributed by atoms with Crippen LogP contribution in [0.2, 0.25) is 0 Å². The van der Waals surface area contributed by atoms with Gasteiger partial charge in [-0.2, -0.15) is 5.26 Å². The molecule has 102 valence electrons. The van der Waals surface area contributed by atoms with Gasteiger partial charge in [-0.1, -0.05) is 25.1 Å². The van der Waals surface area contributed by atoms with Crippen molar-refractivity contribution in [2.75, 3.05) is 5.75 Å². The average molecular weight is 283 g/mol. The minimum atomic E-state index is 0.611. The molecule has 0 amide bonds. The molecule has 2 nitrogen and oxygen atoms in total. The van der Waals surface area contributed by atoms with Gasteiger partial charge < -0.3 is 4.74 Å². The largest absolute Gasteiger partial charge is 0.456 e. The van der Waals surface area contributed by atoms with Gasteiger partial charge in [-0.15, -0.1) is 11.8 Å². The molecule has 0 saturated heterocycles. The summed E-state index contributed by atoms with van der Waals surface area (Å²) in [7, 11) is 0. The number of aryl methyl sites for hydroxylation is 2. The predicted octanol–water partition coefficient (Wildman–Crippen LogP) is 5.08. The van der Waals surface area contributed by atoms with Gasteiger partial charge in [0.1, 0.15) is 23.1 Å². The maximum absolute atomic E-state index is 9.38. The molecule has 0 atom stereocenters. The molecule has 0 saturated carbocycles. The van der Waals surface area contributed by atoms with E-state index in [-0.39, 0.29) is 0 Å². The summed E-state index contributed by atoms with van der Waals surface area (Å²) >= 11 is 1.66. The number of nitrogens with zero attached hydrogens (tertiary/aromatic N) is 1. The van der Waals surface area contributed by atoms with E-state index in [1.165, 1.54) is 0 Å². The van der Waals surface area contributed by atoms with Gasteiger partial charge in [0.2, 0.25) is 0 Å². The van der Waals surface area contributed by atoms with E-state index in [1.54, 1.807) is 11.8 Å². The van der Waals surface area contributed by atoms with Crippen molar-refractivity contribution < 1.29 is 4.74 Å². The molecule has 0 aliphatic heterocycles. The molecule has 0 radical (unpaired) electrons. The van der Waals surface area contributed by atoms with Crippen molar-refractivity contribution >= 4 is 11.8 Å². The monoisotopic (exact) mass is 283 g/mol. The smallest absolute Gasteiger partial charge is 0.146 e. The summed E-state index contributed by atoms with van der Waals surface area (Å²) in [6.45, 7) is 6.11. The quantitative estimate of drug-likeness (QED) is 0.734. The summed E-state index contributed by atoms with van der Waals surface area (Å²) in [4.78, 5) is 0.970. The van der Waals surface area contributed by atoms with Crippen LogP contribution in [-0.2, 0) is 0 Å².